The first-order valence-corrected chi connectivity index (χ1v) is 14.8. The van der Waals surface area contributed by atoms with E-state index in [2.05, 4.69) is 14.9 Å². The number of hydrogen-bond donors (Lipinski definition) is 3. The summed E-state index contributed by atoms with van der Waals surface area (Å²) < 4.78 is 33.8. The number of nitrogens with one attached hydrogen (secondary N) is 1. The molecule has 1 aromatic carbocycles. The normalized spacial score (nSPS) is 17.0. The molecular weight excluding hydrogens is 557 g/mol. The van der Waals surface area contributed by atoms with Gasteiger partial charge in [0.2, 0.25) is 0 Å². The van der Waals surface area contributed by atoms with Crippen LogP contribution in [0.3, 0.4) is 0 Å². The molecule has 4 rings (SSSR count). The predicted molar refractivity (Wildman–Crippen MR) is 150 cm³/mol. The number of carbonyl (C=O) groups is 2. The Labute approximate surface area is 236 Å². The first kappa shape index (κ1) is 30.7. The smallest absolute Gasteiger partial charge is 0.462 e. The van der Waals surface area contributed by atoms with Crippen molar-refractivity contribution in [2.45, 2.75) is 46.3 Å². The number of aromatic nitrogens is 3. The first-order valence-electron chi connectivity index (χ1n) is 13.3. The SMILES string of the molecule is CC(=O)OC[C@H](COP(=O)(O)OCCN1CCC(Cn2c(=O)[nH]c3c(N)nc4cc(C)ccc4c32)CC1)OC(C)=O. The average Bonchev–Trinajstić information content (AvgIpc) is 3.22. The van der Waals surface area contributed by atoms with E-state index in [4.69, 9.17) is 24.3 Å². The minimum atomic E-state index is -4.43. The van der Waals surface area contributed by atoms with Crippen molar-refractivity contribution in [2.24, 2.45) is 5.92 Å². The van der Waals surface area contributed by atoms with Crippen LogP contribution in [0.2, 0.25) is 0 Å². The fourth-order valence-corrected chi connectivity index (χ4v) is 5.68. The minimum Gasteiger partial charge on any atom is -0.462 e. The standard InChI is InChI=1S/C26H36N5O9P/c1-16-4-5-21-22(12-16)28-25(27)23-24(21)31(26(34)29-23)13-19-6-8-30(9-7-19)10-11-38-41(35,36)39-15-20(40-18(3)33)14-37-17(2)32/h4-5,12,19-20H,6-11,13-15H2,1-3H3,(H2,27,28)(H,29,34)(H,35,36)/t20-/m1/s1. The summed E-state index contributed by atoms with van der Waals surface area (Å²) in [6.07, 6.45) is 0.605. The summed E-state index contributed by atoms with van der Waals surface area (Å²) in [5, 5.41) is 0.869. The van der Waals surface area contributed by atoms with Crippen LogP contribution < -0.4 is 11.4 Å². The number of aromatic amines is 1. The quantitative estimate of drug-likeness (QED) is 0.205. The number of carbonyl (C=O) groups excluding carboxylic acids is 2. The summed E-state index contributed by atoms with van der Waals surface area (Å²) in [5.41, 5.74) is 9.04. The van der Waals surface area contributed by atoms with Crippen LogP contribution in [0.15, 0.2) is 23.0 Å². The maximum Gasteiger partial charge on any atom is 0.472 e. The van der Waals surface area contributed by atoms with E-state index in [1.807, 2.05) is 25.1 Å². The van der Waals surface area contributed by atoms with Gasteiger partial charge in [-0.25, -0.2) is 14.3 Å². The number of imidazole rings is 1. The van der Waals surface area contributed by atoms with Gasteiger partial charge in [0, 0.05) is 32.3 Å². The second kappa shape index (κ2) is 13.1. The van der Waals surface area contributed by atoms with Gasteiger partial charge in [-0.2, -0.15) is 0 Å². The van der Waals surface area contributed by atoms with Gasteiger partial charge >= 0.3 is 25.5 Å². The maximum atomic E-state index is 12.9. The number of nitrogens with two attached hydrogens (primary N) is 1. The highest BCUT2D eigenvalue weighted by Gasteiger charge is 2.27. The molecule has 1 saturated heterocycles. The van der Waals surface area contributed by atoms with E-state index in [0.29, 0.717) is 24.4 Å². The third-order valence-corrected chi connectivity index (χ3v) is 7.91. The van der Waals surface area contributed by atoms with Gasteiger partial charge in [0.1, 0.15) is 17.9 Å². The second-order valence-electron chi connectivity index (χ2n) is 10.2. The van der Waals surface area contributed by atoms with Gasteiger partial charge < -0.3 is 30.0 Å². The van der Waals surface area contributed by atoms with Gasteiger partial charge in [0.15, 0.2) is 6.10 Å². The zero-order valence-electron chi connectivity index (χ0n) is 23.3. The molecule has 2 atom stereocenters. The number of hydrogen-bond acceptors (Lipinski definition) is 11. The summed E-state index contributed by atoms with van der Waals surface area (Å²) in [4.78, 5) is 54.5. The molecule has 3 aromatic rings. The van der Waals surface area contributed by atoms with E-state index in [-0.39, 0.29) is 24.8 Å². The number of anilines is 1. The molecule has 41 heavy (non-hydrogen) atoms. The number of H-pyrrole nitrogens is 1. The lowest BCUT2D eigenvalue weighted by Gasteiger charge is -2.32. The third kappa shape index (κ3) is 8.14. The van der Waals surface area contributed by atoms with E-state index in [9.17, 15) is 23.8 Å². The number of pyridine rings is 1. The summed E-state index contributed by atoms with van der Waals surface area (Å²) in [5.74, 6) is -0.697. The summed E-state index contributed by atoms with van der Waals surface area (Å²) in [6.45, 7) is 5.87. The molecule has 0 amide bonds. The lowest BCUT2D eigenvalue weighted by atomic mass is 9.96. The number of benzene rings is 1. The highest BCUT2D eigenvalue weighted by Crippen LogP contribution is 2.43. The Bertz CT molecular complexity index is 1510. The molecule has 1 aliphatic heterocycles. The number of nitrogen functional groups attached to an aromatic ring is 1. The monoisotopic (exact) mass is 593 g/mol. The Morgan fingerprint density at radius 3 is 2.61 bits per heavy atom. The molecule has 1 unspecified atom stereocenters. The average molecular weight is 594 g/mol. The van der Waals surface area contributed by atoms with E-state index < -0.39 is 32.5 Å². The van der Waals surface area contributed by atoms with Crippen molar-refractivity contribution in [3.05, 3.63) is 34.2 Å². The van der Waals surface area contributed by atoms with E-state index in [1.54, 1.807) is 4.57 Å². The van der Waals surface area contributed by atoms with Crippen molar-refractivity contribution in [1.29, 1.82) is 0 Å². The largest absolute Gasteiger partial charge is 0.472 e. The van der Waals surface area contributed by atoms with Gasteiger partial charge in [-0.15, -0.1) is 0 Å². The Hall–Kier alpha value is -3.29. The molecular formula is C26H36N5O9P. The van der Waals surface area contributed by atoms with E-state index in [1.165, 1.54) is 6.92 Å². The number of rotatable bonds is 12. The van der Waals surface area contributed by atoms with Crippen LogP contribution in [0.4, 0.5) is 5.82 Å². The van der Waals surface area contributed by atoms with Crippen LogP contribution >= 0.6 is 7.82 Å². The molecule has 1 fully saturated rings. The van der Waals surface area contributed by atoms with Crippen LogP contribution in [0.25, 0.3) is 21.9 Å². The number of ether oxygens (including phenoxy) is 2. The van der Waals surface area contributed by atoms with Gasteiger partial charge in [-0.1, -0.05) is 12.1 Å². The molecule has 3 heterocycles. The van der Waals surface area contributed by atoms with Crippen LogP contribution in [0.5, 0.6) is 0 Å². The Kier molecular flexibility index (Phi) is 9.82. The van der Waals surface area contributed by atoms with Crippen LogP contribution in [0, 0.1) is 12.8 Å². The molecule has 14 nitrogen and oxygen atoms in total. The van der Waals surface area contributed by atoms with Crippen LogP contribution in [0.1, 0.15) is 32.3 Å². The van der Waals surface area contributed by atoms with Gasteiger partial charge in [0.25, 0.3) is 0 Å². The molecule has 2 aromatic heterocycles. The molecule has 1 aliphatic rings. The van der Waals surface area contributed by atoms with Crippen LogP contribution in [-0.4, -0.2) is 81.8 Å². The second-order valence-corrected chi connectivity index (χ2v) is 11.7. The highest BCUT2D eigenvalue weighted by molar-refractivity contribution is 7.47. The molecule has 0 spiro atoms. The van der Waals surface area contributed by atoms with Crippen molar-refractivity contribution in [3.63, 3.8) is 0 Å². The van der Waals surface area contributed by atoms with Gasteiger partial charge in [-0.3, -0.25) is 23.2 Å². The zero-order valence-corrected chi connectivity index (χ0v) is 24.2. The topological polar surface area (TPSA) is 188 Å². The molecule has 0 bridgehead atoms. The molecule has 15 heteroatoms. The lowest BCUT2D eigenvalue weighted by Crippen LogP contribution is -2.37. The molecule has 0 radical (unpaired) electrons. The minimum absolute atomic E-state index is 0.0553. The number of aryl methyl sites for hydroxylation is 1. The van der Waals surface area contributed by atoms with E-state index in [0.717, 1.165) is 54.8 Å². The number of likely N-dealkylation sites (tertiary alicyclic amines) is 1. The summed E-state index contributed by atoms with van der Waals surface area (Å²) in [6, 6.07) is 5.90. The number of esters is 2. The fourth-order valence-electron chi connectivity index (χ4n) is 4.94. The maximum absolute atomic E-state index is 12.9. The number of fused-ring (bicyclic) bond motifs is 3. The van der Waals surface area contributed by atoms with Crippen molar-refractivity contribution in [1.82, 2.24) is 19.4 Å². The van der Waals surface area contributed by atoms with Crippen molar-refractivity contribution in [2.75, 3.05) is 45.2 Å². The highest BCUT2D eigenvalue weighted by atomic mass is 31.2. The first-order chi connectivity index (χ1) is 19.4. The molecule has 0 saturated carbocycles. The summed E-state index contributed by atoms with van der Waals surface area (Å²) in [7, 11) is -4.43. The predicted octanol–water partition coefficient (Wildman–Crippen LogP) is 2.11. The number of nitrogens with zero attached hydrogens (tertiary/aromatic N) is 3. The Morgan fingerprint density at radius 2 is 1.93 bits per heavy atom. The lowest BCUT2D eigenvalue weighted by molar-refractivity contribution is -0.158. The fraction of sp³-hybridized carbons (Fsp3) is 0.538. The van der Waals surface area contributed by atoms with Gasteiger partial charge in [0.05, 0.1) is 24.2 Å². The number of phosphoric ester groups is 1. The van der Waals surface area contributed by atoms with Crippen LogP contribution in [-0.2, 0) is 39.2 Å². The number of phosphoric acid groups is 1. The zero-order chi connectivity index (χ0) is 29.7. The number of piperidine rings is 1. The Balaban J connectivity index is 1.27. The third-order valence-electron chi connectivity index (χ3n) is 6.93. The Morgan fingerprint density at radius 1 is 1.20 bits per heavy atom. The van der Waals surface area contributed by atoms with Crippen molar-refractivity contribution >= 4 is 47.5 Å². The van der Waals surface area contributed by atoms with Gasteiger partial charge in [-0.05, 0) is 50.4 Å². The molecule has 4 N–H and O–H groups in total. The van der Waals surface area contributed by atoms with Crippen molar-refractivity contribution in [3.8, 4) is 0 Å². The van der Waals surface area contributed by atoms with Crippen molar-refractivity contribution < 1.29 is 37.6 Å². The summed E-state index contributed by atoms with van der Waals surface area (Å²) >= 11 is 0. The molecule has 0 aliphatic carbocycles. The van der Waals surface area contributed by atoms with E-state index >= 15 is 0 Å². The molecule has 224 valence electrons.